The van der Waals surface area contributed by atoms with Gasteiger partial charge in [0.25, 0.3) is 5.91 Å². The fourth-order valence-electron chi connectivity index (χ4n) is 4.90. The fraction of sp³-hybridized carbons (Fsp3) is 0.444. The minimum absolute atomic E-state index is 0.0653. The van der Waals surface area contributed by atoms with Gasteiger partial charge < -0.3 is 20.4 Å². The molecule has 2 heterocycles. The summed E-state index contributed by atoms with van der Waals surface area (Å²) in [5.41, 5.74) is 2.39. The standard InChI is InChI=1S/C27H34N4O3/c1-3-14-27(2,26(34)28-21-10-8-11-22(18-21)30-15-6-7-16-30)29-24(32)19-31-17-13-20-9-4-5-12-23(20)25(31)33/h4-5,8-12,18H,3,6-7,13-17,19H2,1-2H3,(H,28,34)(H,29,32). The predicted octanol–water partition coefficient (Wildman–Crippen LogP) is 3.60. The molecule has 7 nitrogen and oxygen atoms in total. The summed E-state index contributed by atoms with van der Waals surface area (Å²) in [4.78, 5) is 42.9. The highest BCUT2D eigenvalue weighted by Crippen LogP contribution is 2.25. The van der Waals surface area contributed by atoms with Crippen LogP contribution >= 0.6 is 0 Å². The van der Waals surface area contributed by atoms with E-state index in [4.69, 9.17) is 0 Å². The molecule has 4 rings (SSSR count). The number of nitrogens with one attached hydrogen (secondary N) is 2. The van der Waals surface area contributed by atoms with Crippen molar-refractivity contribution in [3.05, 3.63) is 59.7 Å². The average molecular weight is 463 g/mol. The Labute approximate surface area is 201 Å². The number of amides is 3. The summed E-state index contributed by atoms with van der Waals surface area (Å²) in [5, 5.41) is 5.92. The normalized spacial score (nSPS) is 17.2. The molecule has 34 heavy (non-hydrogen) atoms. The van der Waals surface area contributed by atoms with Crippen LogP contribution < -0.4 is 15.5 Å². The Kier molecular flexibility index (Phi) is 7.20. The van der Waals surface area contributed by atoms with Gasteiger partial charge in [-0.05, 0) is 62.4 Å². The zero-order valence-electron chi connectivity index (χ0n) is 20.1. The highest BCUT2D eigenvalue weighted by atomic mass is 16.2. The molecule has 0 bridgehead atoms. The number of carbonyl (C=O) groups is 3. The molecule has 2 aliphatic rings. The van der Waals surface area contributed by atoms with Crippen LogP contribution in [0.2, 0.25) is 0 Å². The van der Waals surface area contributed by atoms with Gasteiger partial charge >= 0.3 is 0 Å². The molecule has 2 aromatic carbocycles. The largest absolute Gasteiger partial charge is 0.371 e. The molecule has 1 fully saturated rings. The van der Waals surface area contributed by atoms with Crippen LogP contribution in [0.25, 0.3) is 0 Å². The Morgan fingerprint density at radius 1 is 1.03 bits per heavy atom. The maximum absolute atomic E-state index is 13.3. The van der Waals surface area contributed by atoms with E-state index in [1.807, 2.05) is 43.3 Å². The molecule has 1 atom stereocenters. The third-order valence-corrected chi connectivity index (χ3v) is 6.76. The second-order valence-electron chi connectivity index (χ2n) is 9.46. The van der Waals surface area contributed by atoms with E-state index in [-0.39, 0.29) is 24.3 Å². The molecule has 2 aliphatic heterocycles. The number of hydrogen-bond donors (Lipinski definition) is 2. The molecular weight excluding hydrogens is 428 g/mol. The van der Waals surface area contributed by atoms with Gasteiger partial charge in [-0.15, -0.1) is 0 Å². The topological polar surface area (TPSA) is 81.8 Å². The number of hydrogen-bond acceptors (Lipinski definition) is 4. The van der Waals surface area contributed by atoms with Crippen molar-refractivity contribution in [2.45, 2.75) is 51.5 Å². The quantitative estimate of drug-likeness (QED) is 0.628. The van der Waals surface area contributed by atoms with Gasteiger partial charge in [-0.1, -0.05) is 37.6 Å². The summed E-state index contributed by atoms with van der Waals surface area (Å²) in [6.45, 7) is 6.22. The molecule has 1 saturated heterocycles. The number of carbonyl (C=O) groups excluding carboxylic acids is 3. The minimum atomic E-state index is -1.08. The van der Waals surface area contributed by atoms with Gasteiger partial charge in [0, 0.05) is 36.6 Å². The lowest BCUT2D eigenvalue weighted by Crippen LogP contribution is -2.57. The molecule has 0 saturated carbocycles. The van der Waals surface area contributed by atoms with E-state index in [1.54, 1.807) is 17.9 Å². The summed E-state index contributed by atoms with van der Waals surface area (Å²) in [6, 6.07) is 15.4. The van der Waals surface area contributed by atoms with Crippen LogP contribution in [0.4, 0.5) is 11.4 Å². The molecule has 0 spiro atoms. The van der Waals surface area contributed by atoms with Crippen LogP contribution in [-0.2, 0) is 16.0 Å². The van der Waals surface area contributed by atoms with Gasteiger partial charge in [-0.25, -0.2) is 0 Å². The molecule has 0 aliphatic carbocycles. The Balaban J connectivity index is 1.41. The van der Waals surface area contributed by atoms with Gasteiger partial charge in [0.1, 0.15) is 5.54 Å². The predicted molar refractivity (Wildman–Crippen MR) is 134 cm³/mol. The van der Waals surface area contributed by atoms with Crippen molar-refractivity contribution in [1.82, 2.24) is 10.2 Å². The first-order valence-electron chi connectivity index (χ1n) is 12.2. The third kappa shape index (κ3) is 5.24. The van der Waals surface area contributed by atoms with Crippen LogP contribution in [0.15, 0.2) is 48.5 Å². The Morgan fingerprint density at radius 2 is 1.79 bits per heavy atom. The number of fused-ring (bicyclic) bond motifs is 1. The van der Waals surface area contributed by atoms with Crippen molar-refractivity contribution in [3.63, 3.8) is 0 Å². The molecule has 0 aromatic heterocycles. The third-order valence-electron chi connectivity index (χ3n) is 6.76. The van der Waals surface area contributed by atoms with E-state index in [1.165, 1.54) is 12.8 Å². The SMILES string of the molecule is CCCC(C)(NC(=O)CN1CCc2ccccc2C1=O)C(=O)Nc1cccc(N2CCCC2)c1. The van der Waals surface area contributed by atoms with Gasteiger partial charge in [-0.3, -0.25) is 14.4 Å². The molecule has 2 aromatic rings. The lowest BCUT2D eigenvalue weighted by molar-refractivity contribution is -0.130. The molecular formula is C27H34N4O3. The van der Waals surface area contributed by atoms with Gasteiger partial charge in [0.2, 0.25) is 11.8 Å². The highest BCUT2D eigenvalue weighted by Gasteiger charge is 2.35. The lowest BCUT2D eigenvalue weighted by Gasteiger charge is -2.32. The molecule has 3 amide bonds. The van der Waals surface area contributed by atoms with Crippen LogP contribution in [-0.4, -0.2) is 54.3 Å². The number of rotatable bonds is 8. The lowest BCUT2D eigenvalue weighted by atomic mass is 9.94. The fourth-order valence-corrected chi connectivity index (χ4v) is 4.90. The van der Waals surface area contributed by atoms with E-state index in [9.17, 15) is 14.4 Å². The van der Waals surface area contributed by atoms with E-state index in [2.05, 4.69) is 21.6 Å². The second kappa shape index (κ2) is 10.3. The minimum Gasteiger partial charge on any atom is -0.371 e. The van der Waals surface area contributed by atoms with Crippen LogP contribution in [0.5, 0.6) is 0 Å². The van der Waals surface area contributed by atoms with E-state index in [0.717, 1.165) is 37.2 Å². The zero-order valence-corrected chi connectivity index (χ0v) is 20.1. The number of benzene rings is 2. The summed E-state index contributed by atoms with van der Waals surface area (Å²) in [7, 11) is 0. The van der Waals surface area contributed by atoms with Gasteiger partial charge in [0.15, 0.2) is 0 Å². The number of anilines is 2. The Bertz CT molecular complexity index is 1060. The molecule has 180 valence electrons. The van der Waals surface area contributed by atoms with Gasteiger partial charge in [-0.2, -0.15) is 0 Å². The smallest absolute Gasteiger partial charge is 0.254 e. The van der Waals surface area contributed by atoms with Gasteiger partial charge in [0.05, 0.1) is 6.54 Å². The van der Waals surface area contributed by atoms with Crippen molar-refractivity contribution < 1.29 is 14.4 Å². The summed E-state index contributed by atoms with van der Waals surface area (Å²) in [6.07, 6.45) is 4.31. The molecule has 7 heteroatoms. The maximum Gasteiger partial charge on any atom is 0.254 e. The molecule has 2 N–H and O–H groups in total. The van der Waals surface area contributed by atoms with Crippen molar-refractivity contribution in [2.24, 2.45) is 0 Å². The maximum atomic E-state index is 13.3. The van der Waals surface area contributed by atoms with E-state index in [0.29, 0.717) is 24.2 Å². The molecule has 1 unspecified atom stereocenters. The summed E-state index contributed by atoms with van der Waals surface area (Å²) in [5.74, 6) is -0.724. The average Bonchev–Trinajstić information content (AvgIpc) is 3.36. The first-order valence-corrected chi connectivity index (χ1v) is 12.2. The highest BCUT2D eigenvalue weighted by molar-refractivity contribution is 6.02. The molecule has 0 radical (unpaired) electrons. The number of nitrogens with zero attached hydrogens (tertiary/aromatic N) is 2. The van der Waals surface area contributed by atoms with Crippen molar-refractivity contribution in [1.29, 1.82) is 0 Å². The van der Waals surface area contributed by atoms with E-state index < -0.39 is 5.54 Å². The monoisotopic (exact) mass is 462 g/mol. The second-order valence-corrected chi connectivity index (χ2v) is 9.46. The zero-order chi connectivity index (χ0) is 24.1. The first kappa shape index (κ1) is 23.8. The summed E-state index contributed by atoms with van der Waals surface area (Å²) < 4.78 is 0. The summed E-state index contributed by atoms with van der Waals surface area (Å²) >= 11 is 0. The van der Waals surface area contributed by atoms with Crippen LogP contribution in [0.3, 0.4) is 0 Å². The Hall–Kier alpha value is -3.35. The van der Waals surface area contributed by atoms with Crippen molar-refractivity contribution in [3.8, 4) is 0 Å². The first-order chi connectivity index (χ1) is 16.4. The Morgan fingerprint density at radius 3 is 2.56 bits per heavy atom. The van der Waals surface area contributed by atoms with E-state index >= 15 is 0 Å². The van der Waals surface area contributed by atoms with Crippen molar-refractivity contribution in [2.75, 3.05) is 36.4 Å². The van der Waals surface area contributed by atoms with Crippen molar-refractivity contribution >= 4 is 29.1 Å². The van der Waals surface area contributed by atoms with Crippen LogP contribution in [0, 0.1) is 0 Å². The van der Waals surface area contributed by atoms with Crippen LogP contribution in [0.1, 0.15) is 55.5 Å².